The molecule has 0 N–H and O–H groups in total. The Morgan fingerprint density at radius 1 is 0.900 bits per heavy atom. The molecular formula is C7H17O2Sb. The van der Waals surface area contributed by atoms with Crippen molar-refractivity contribution < 1.29 is 6.03 Å². The molecule has 62 valence electrons. The van der Waals surface area contributed by atoms with E-state index >= 15 is 0 Å². The Labute approximate surface area is 72.0 Å². The fraction of sp³-hybridized carbons (Fsp3) is 1.00. The first-order valence-electron chi connectivity index (χ1n) is 3.59. The van der Waals surface area contributed by atoms with Crippen LogP contribution in [0.25, 0.3) is 0 Å². The molecule has 0 saturated heterocycles. The second-order valence-electron chi connectivity index (χ2n) is 2.75. The van der Waals surface area contributed by atoms with Gasteiger partial charge in [-0.1, -0.05) is 0 Å². The van der Waals surface area contributed by atoms with Crippen molar-refractivity contribution in [1.29, 1.82) is 0 Å². The molecule has 0 saturated carbocycles. The monoisotopic (exact) mass is 254 g/mol. The van der Waals surface area contributed by atoms with Crippen LogP contribution in [0.1, 0.15) is 27.7 Å². The molecule has 0 aromatic heterocycles. The van der Waals surface area contributed by atoms with E-state index in [-0.39, 0.29) is 0 Å². The van der Waals surface area contributed by atoms with Gasteiger partial charge in [0.15, 0.2) is 0 Å². The number of rotatable bonds is 4. The molecular weight excluding hydrogens is 238 g/mol. The van der Waals surface area contributed by atoms with Crippen LogP contribution in [-0.4, -0.2) is 33.3 Å². The van der Waals surface area contributed by atoms with Crippen LogP contribution in [0, 0.1) is 0 Å². The van der Waals surface area contributed by atoms with E-state index in [4.69, 9.17) is 6.03 Å². The summed E-state index contributed by atoms with van der Waals surface area (Å²) < 4.78 is 11.0. The molecule has 0 spiro atoms. The van der Waals surface area contributed by atoms with Crippen molar-refractivity contribution in [1.82, 2.24) is 0 Å². The molecule has 10 heavy (non-hydrogen) atoms. The SMILES string of the molecule is CC(C)[O][Sb]([CH3])[O]C(C)C. The molecule has 0 aliphatic heterocycles. The van der Waals surface area contributed by atoms with Gasteiger partial charge in [-0.05, 0) is 0 Å². The zero-order valence-electron chi connectivity index (χ0n) is 7.42. The van der Waals surface area contributed by atoms with Crippen molar-refractivity contribution in [2.24, 2.45) is 0 Å². The third kappa shape index (κ3) is 6.85. The van der Waals surface area contributed by atoms with E-state index in [0.717, 1.165) is 0 Å². The van der Waals surface area contributed by atoms with Crippen LogP contribution >= 0.6 is 0 Å². The van der Waals surface area contributed by atoms with E-state index in [1.807, 2.05) is 27.7 Å². The van der Waals surface area contributed by atoms with Gasteiger partial charge in [0.05, 0.1) is 0 Å². The fourth-order valence-electron chi connectivity index (χ4n) is 0.619. The Morgan fingerprint density at radius 3 is 1.40 bits per heavy atom. The van der Waals surface area contributed by atoms with Gasteiger partial charge in [0, 0.05) is 0 Å². The molecule has 0 amide bonds. The Kier molecular flexibility index (Phi) is 5.79. The Bertz CT molecular complexity index is 73.7. The third-order valence-corrected chi connectivity index (χ3v) is 4.82. The van der Waals surface area contributed by atoms with Crippen molar-refractivity contribution >= 4 is 21.1 Å². The summed E-state index contributed by atoms with van der Waals surface area (Å²) in [6.07, 6.45) is 0.651. The van der Waals surface area contributed by atoms with Gasteiger partial charge in [-0.15, -0.1) is 0 Å². The van der Waals surface area contributed by atoms with Gasteiger partial charge in [0.1, 0.15) is 0 Å². The molecule has 0 atom stereocenters. The summed E-state index contributed by atoms with van der Waals surface area (Å²) in [5.41, 5.74) is 0. The predicted octanol–water partition coefficient (Wildman–Crippen LogP) is 1.95. The van der Waals surface area contributed by atoms with Crippen LogP contribution in [-0.2, 0) is 6.03 Å². The van der Waals surface area contributed by atoms with Crippen molar-refractivity contribution in [2.45, 2.75) is 44.8 Å². The Balaban J connectivity index is 3.34. The number of hydrogen-bond acceptors (Lipinski definition) is 2. The molecule has 0 aliphatic carbocycles. The van der Waals surface area contributed by atoms with Crippen molar-refractivity contribution in [3.05, 3.63) is 0 Å². The molecule has 0 rings (SSSR count). The predicted molar refractivity (Wildman–Crippen MR) is 44.1 cm³/mol. The zero-order valence-corrected chi connectivity index (χ0v) is 9.97. The molecule has 0 fully saturated rings. The van der Waals surface area contributed by atoms with E-state index in [1.165, 1.54) is 0 Å². The van der Waals surface area contributed by atoms with Gasteiger partial charge in [-0.2, -0.15) is 0 Å². The van der Waals surface area contributed by atoms with E-state index in [2.05, 4.69) is 4.87 Å². The minimum absolute atomic E-state index is 0.326. The first-order chi connectivity index (χ1) is 4.52. The zero-order chi connectivity index (χ0) is 8.15. The summed E-state index contributed by atoms with van der Waals surface area (Å²) in [6.45, 7) is 8.18. The van der Waals surface area contributed by atoms with Gasteiger partial charge in [0.2, 0.25) is 0 Å². The van der Waals surface area contributed by atoms with Gasteiger partial charge in [-0.3, -0.25) is 0 Å². The maximum absolute atomic E-state index is 5.52. The normalized spacial score (nSPS) is 12.0. The summed E-state index contributed by atoms with van der Waals surface area (Å²) in [5.74, 6) is 0. The fourth-order valence-corrected chi connectivity index (χ4v) is 4.15. The Morgan fingerprint density at radius 2 is 1.20 bits per heavy atom. The van der Waals surface area contributed by atoms with Gasteiger partial charge in [-0.25, -0.2) is 0 Å². The molecule has 0 heterocycles. The molecule has 0 aromatic rings. The van der Waals surface area contributed by atoms with Crippen molar-refractivity contribution in [3.63, 3.8) is 0 Å². The average Bonchev–Trinajstić information content (AvgIpc) is 1.58. The number of hydrogen-bond donors (Lipinski definition) is 0. The second-order valence-corrected chi connectivity index (χ2v) is 6.46. The summed E-state index contributed by atoms with van der Waals surface area (Å²) in [5, 5.41) is 0. The van der Waals surface area contributed by atoms with E-state index in [1.54, 1.807) is 0 Å². The van der Waals surface area contributed by atoms with Crippen molar-refractivity contribution in [3.8, 4) is 0 Å². The van der Waals surface area contributed by atoms with E-state index in [0.29, 0.717) is 12.2 Å². The second kappa shape index (κ2) is 5.40. The first-order valence-corrected chi connectivity index (χ1v) is 8.23. The average molecular weight is 255 g/mol. The molecule has 2 nitrogen and oxygen atoms in total. The van der Waals surface area contributed by atoms with E-state index in [9.17, 15) is 0 Å². The van der Waals surface area contributed by atoms with Crippen LogP contribution in [0.3, 0.4) is 0 Å². The summed E-state index contributed by atoms with van der Waals surface area (Å²) >= 11 is -1.71. The molecule has 0 aliphatic rings. The Hall–Kier alpha value is 0.738. The van der Waals surface area contributed by atoms with Crippen LogP contribution in [0.15, 0.2) is 0 Å². The van der Waals surface area contributed by atoms with Gasteiger partial charge < -0.3 is 0 Å². The van der Waals surface area contributed by atoms with Crippen molar-refractivity contribution in [2.75, 3.05) is 0 Å². The molecule has 0 bridgehead atoms. The molecule has 0 unspecified atom stereocenters. The first kappa shape index (κ1) is 10.7. The molecule has 0 aromatic carbocycles. The van der Waals surface area contributed by atoms with Gasteiger partial charge in [0.25, 0.3) is 0 Å². The standard InChI is InChI=1S/2C3H7O.CH3.Sb/c2*1-3(2)4;;/h2*3H,1-2H3;1H3;/q2*-1;;+2. The molecule has 0 radical (unpaired) electrons. The van der Waals surface area contributed by atoms with Crippen LogP contribution in [0.5, 0.6) is 0 Å². The van der Waals surface area contributed by atoms with Crippen LogP contribution in [0.4, 0.5) is 0 Å². The van der Waals surface area contributed by atoms with Gasteiger partial charge >= 0.3 is 71.9 Å². The minimum atomic E-state index is -1.71. The quantitative estimate of drug-likeness (QED) is 0.715. The maximum atomic E-state index is 5.52. The van der Waals surface area contributed by atoms with E-state index < -0.39 is 21.1 Å². The topological polar surface area (TPSA) is 18.5 Å². The molecule has 3 heteroatoms. The summed E-state index contributed by atoms with van der Waals surface area (Å²) in [4.78, 5) is 2.10. The third-order valence-electron chi connectivity index (χ3n) is 0.719. The summed E-state index contributed by atoms with van der Waals surface area (Å²) in [6, 6.07) is 0. The van der Waals surface area contributed by atoms with Crippen LogP contribution in [0.2, 0.25) is 4.87 Å². The summed E-state index contributed by atoms with van der Waals surface area (Å²) in [7, 11) is 0. The van der Waals surface area contributed by atoms with Crippen LogP contribution < -0.4 is 0 Å².